The van der Waals surface area contributed by atoms with E-state index in [9.17, 15) is 0 Å². The van der Waals surface area contributed by atoms with Crippen LogP contribution in [0, 0.1) is 0 Å². The van der Waals surface area contributed by atoms with E-state index in [1.54, 1.807) is 0 Å². The minimum Gasteiger partial charge on any atom is -0.489 e. The highest BCUT2D eigenvalue weighted by atomic mass is 16.5. The van der Waals surface area contributed by atoms with Crippen LogP contribution in [0.4, 0.5) is 0 Å². The number of ether oxygens (including phenoxy) is 1. The molecule has 1 aromatic carbocycles. The number of hydrogen-bond donors (Lipinski definition) is 1. The Balaban J connectivity index is 2.55. The predicted molar refractivity (Wildman–Crippen MR) is 65.4 cm³/mol. The Morgan fingerprint density at radius 2 is 2.06 bits per heavy atom. The van der Waals surface area contributed by atoms with E-state index in [-0.39, 0.29) is 6.10 Å². The first kappa shape index (κ1) is 10.9. The van der Waals surface area contributed by atoms with Crippen molar-refractivity contribution in [2.75, 3.05) is 0 Å². The normalized spacial score (nSPS) is 11.0. The van der Waals surface area contributed by atoms with Gasteiger partial charge in [0, 0.05) is 11.9 Å². The molecule has 0 amide bonds. The highest BCUT2D eigenvalue weighted by molar-refractivity contribution is 5.84. The molecule has 0 aliphatic carbocycles. The average molecular weight is 216 g/mol. The fourth-order valence-corrected chi connectivity index (χ4v) is 1.62. The summed E-state index contributed by atoms with van der Waals surface area (Å²) in [6.07, 6.45) is 0.147. The van der Waals surface area contributed by atoms with Crippen LogP contribution in [0.2, 0.25) is 0 Å². The summed E-state index contributed by atoms with van der Waals surface area (Å²) in [6.45, 7) is 4.46. The quantitative estimate of drug-likeness (QED) is 0.857. The van der Waals surface area contributed by atoms with Crippen molar-refractivity contribution in [1.29, 1.82) is 0 Å². The third kappa shape index (κ3) is 2.14. The van der Waals surface area contributed by atoms with Crippen LogP contribution < -0.4 is 10.5 Å². The summed E-state index contributed by atoms with van der Waals surface area (Å²) < 4.78 is 5.72. The smallest absolute Gasteiger partial charge is 0.145 e. The van der Waals surface area contributed by atoms with Crippen molar-refractivity contribution in [3.63, 3.8) is 0 Å². The van der Waals surface area contributed by atoms with Crippen molar-refractivity contribution in [2.45, 2.75) is 26.5 Å². The van der Waals surface area contributed by atoms with Gasteiger partial charge in [0.2, 0.25) is 0 Å². The van der Waals surface area contributed by atoms with Crippen LogP contribution >= 0.6 is 0 Å². The zero-order chi connectivity index (χ0) is 11.5. The summed E-state index contributed by atoms with van der Waals surface area (Å²) >= 11 is 0. The number of rotatable bonds is 3. The zero-order valence-corrected chi connectivity index (χ0v) is 9.60. The summed E-state index contributed by atoms with van der Waals surface area (Å²) in [5.74, 6) is 0.822. The first-order valence-electron chi connectivity index (χ1n) is 5.46. The minimum absolute atomic E-state index is 0.147. The molecule has 1 heterocycles. The first-order chi connectivity index (χ1) is 7.70. The predicted octanol–water partition coefficient (Wildman–Crippen LogP) is 2.48. The summed E-state index contributed by atoms with van der Waals surface area (Å²) in [5.41, 5.74) is 7.36. The topological polar surface area (TPSA) is 48.1 Å². The molecule has 0 spiro atoms. The van der Waals surface area contributed by atoms with E-state index in [1.165, 1.54) is 0 Å². The molecule has 0 atom stereocenters. The highest BCUT2D eigenvalue weighted by Crippen LogP contribution is 2.24. The average Bonchev–Trinajstić information content (AvgIpc) is 2.28. The lowest BCUT2D eigenvalue weighted by molar-refractivity contribution is 0.245. The zero-order valence-electron chi connectivity index (χ0n) is 9.60. The second kappa shape index (κ2) is 4.49. The fraction of sp³-hybridized carbons (Fsp3) is 0.308. The maximum Gasteiger partial charge on any atom is 0.145 e. The van der Waals surface area contributed by atoms with Crippen LogP contribution in [0.5, 0.6) is 5.75 Å². The summed E-state index contributed by atoms with van der Waals surface area (Å²) in [7, 11) is 0. The summed E-state index contributed by atoms with van der Waals surface area (Å²) in [6, 6.07) is 9.91. The molecular formula is C13H16N2O. The molecule has 2 N–H and O–H groups in total. The molecule has 2 aromatic rings. The largest absolute Gasteiger partial charge is 0.489 e. The van der Waals surface area contributed by atoms with Crippen molar-refractivity contribution in [3.05, 3.63) is 36.0 Å². The van der Waals surface area contributed by atoms with Crippen LogP contribution in [0.3, 0.4) is 0 Å². The number of pyridine rings is 1. The molecule has 0 fully saturated rings. The van der Waals surface area contributed by atoms with E-state index in [0.717, 1.165) is 22.3 Å². The second-order valence-corrected chi connectivity index (χ2v) is 4.00. The Hall–Kier alpha value is -1.61. The molecule has 0 bridgehead atoms. The van der Waals surface area contributed by atoms with Gasteiger partial charge in [-0.05, 0) is 26.0 Å². The van der Waals surface area contributed by atoms with Gasteiger partial charge in [-0.15, -0.1) is 0 Å². The van der Waals surface area contributed by atoms with Crippen LogP contribution in [0.1, 0.15) is 19.5 Å². The number of nitrogens with two attached hydrogens (primary N) is 1. The van der Waals surface area contributed by atoms with Gasteiger partial charge >= 0.3 is 0 Å². The van der Waals surface area contributed by atoms with E-state index in [1.807, 2.05) is 44.2 Å². The van der Waals surface area contributed by atoms with Crippen molar-refractivity contribution < 1.29 is 4.74 Å². The Morgan fingerprint density at radius 3 is 2.75 bits per heavy atom. The molecule has 0 radical (unpaired) electrons. The molecule has 1 aromatic heterocycles. The van der Waals surface area contributed by atoms with Gasteiger partial charge in [-0.2, -0.15) is 0 Å². The first-order valence-corrected chi connectivity index (χ1v) is 5.46. The molecule has 0 saturated heterocycles. The number of fused-ring (bicyclic) bond motifs is 1. The number of nitrogens with zero attached hydrogens (tertiary/aromatic N) is 1. The summed E-state index contributed by atoms with van der Waals surface area (Å²) in [5, 5.41) is 1.08. The lowest BCUT2D eigenvalue weighted by atomic mass is 10.2. The highest BCUT2D eigenvalue weighted by Gasteiger charge is 2.05. The van der Waals surface area contributed by atoms with Crippen molar-refractivity contribution >= 4 is 10.9 Å². The van der Waals surface area contributed by atoms with Crippen molar-refractivity contribution in [3.8, 4) is 5.75 Å². The third-order valence-electron chi connectivity index (χ3n) is 2.31. The number of para-hydroxylation sites is 1. The van der Waals surface area contributed by atoms with Crippen LogP contribution in [-0.4, -0.2) is 11.1 Å². The number of hydrogen-bond acceptors (Lipinski definition) is 3. The van der Waals surface area contributed by atoms with Gasteiger partial charge in [0.05, 0.1) is 11.8 Å². The molecule has 3 heteroatoms. The number of benzene rings is 1. The molecular weight excluding hydrogens is 200 g/mol. The molecule has 2 rings (SSSR count). The van der Waals surface area contributed by atoms with Crippen LogP contribution in [-0.2, 0) is 6.54 Å². The van der Waals surface area contributed by atoms with E-state index in [0.29, 0.717) is 6.54 Å². The lowest BCUT2D eigenvalue weighted by Gasteiger charge is -2.12. The standard InChI is InChI=1S/C13H16N2O/c1-9(2)16-12-5-3-4-10-6-7-11(8-14)15-13(10)12/h3-7,9H,8,14H2,1-2H3. The fourth-order valence-electron chi connectivity index (χ4n) is 1.62. The molecule has 84 valence electrons. The van der Waals surface area contributed by atoms with Gasteiger partial charge in [-0.3, -0.25) is 0 Å². The van der Waals surface area contributed by atoms with Gasteiger partial charge in [0.25, 0.3) is 0 Å². The summed E-state index contributed by atoms with van der Waals surface area (Å²) in [4.78, 5) is 4.50. The second-order valence-electron chi connectivity index (χ2n) is 4.00. The maximum atomic E-state index is 5.72. The van der Waals surface area contributed by atoms with Gasteiger partial charge in [-0.25, -0.2) is 4.98 Å². The maximum absolute atomic E-state index is 5.72. The van der Waals surface area contributed by atoms with E-state index in [4.69, 9.17) is 10.5 Å². The lowest BCUT2D eigenvalue weighted by Crippen LogP contribution is -2.07. The van der Waals surface area contributed by atoms with E-state index < -0.39 is 0 Å². The molecule has 16 heavy (non-hydrogen) atoms. The van der Waals surface area contributed by atoms with E-state index in [2.05, 4.69) is 4.98 Å². The third-order valence-corrected chi connectivity index (χ3v) is 2.31. The van der Waals surface area contributed by atoms with Crippen molar-refractivity contribution in [2.24, 2.45) is 5.73 Å². The Bertz CT molecular complexity index is 494. The SMILES string of the molecule is CC(C)Oc1cccc2ccc(CN)nc12. The van der Waals surface area contributed by atoms with Gasteiger partial charge in [-0.1, -0.05) is 18.2 Å². The van der Waals surface area contributed by atoms with Gasteiger partial charge in [0.1, 0.15) is 11.3 Å². The van der Waals surface area contributed by atoms with Crippen molar-refractivity contribution in [1.82, 2.24) is 4.98 Å². The Morgan fingerprint density at radius 1 is 1.25 bits per heavy atom. The Kier molecular flexibility index (Phi) is 3.06. The molecule has 0 aliphatic rings. The minimum atomic E-state index is 0.147. The monoisotopic (exact) mass is 216 g/mol. The molecule has 3 nitrogen and oxygen atoms in total. The van der Waals surface area contributed by atoms with Crippen LogP contribution in [0.25, 0.3) is 10.9 Å². The molecule has 0 saturated carbocycles. The van der Waals surface area contributed by atoms with Gasteiger partial charge in [0.15, 0.2) is 0 Å². The van der Waals surface area contributed by atoms with Gasteiger partial charge < -0.3 is 10.5 Å². The molecule has 0 aliphatic heterocycles. The van der Waals surface area contributed by atoms with E-state index >= 15 is 0 Å². The number of aromatic nitrogens is 1. The van der Waals surface area contributed by atoms with Crippen LogP contribution in [0.15, 0.2) is 30.3 Å². The Labute approximate surface area is 95.2 Å². The molecule has 0 unspecified atom stereocenters.